The van der Waals surface area contributed by atoms with E-state index in [0.29, 0.717) is 0 Å². The lowest BCUT2D eigenvalue weighted by Gasteiger charge is -2.12. The molecule has 1 rings (SSSR count). The monoisotopic (exact) mass is 230 g/mol. The van der Waals surface area contributed by atoms with Crippen LogP contribution in [0.5, 0.6) is 5.75 Å². The highest BCUT2D eigenvalue weighted by Crippen LogP contribution is 2.24. The van der Waals surface area contributed by atoms with Crippen LogP contribution in [0.4, 0.5) is 0 Å². The summed E-state index contributed by atoms with van der Waals surface area (Å²) in [6.45, 7) is 1.85. The van der Waals surface area contributed by atoms with Gasteiger partial charge in [-0.05, 0) is 35.0 Å². The van der Waals surface area contributed by atoms with E-state index in [0.717, 1.165) is 10.2 Å². The van der Waals surface area contributed by atoms with Gasteiger partial charge in [0.05, 0.1) is 11.1 Å². The molecule has 66 valence electrons. The predicted molar refractivity (Wildman–Crippen MR) is 51.3 cm³/mol. The first-order valence-corrected chi connectivity index (χ1v) is 4.55. The number of benzene rings is 1. The van der Waals surface area contributed by atoms with E-state index in [-0.39, 0.29) is 12.7 Å². The van der Waals surface area contributed by atoms with Crippen LogP contribution < -0.4 is 4.74 Å². The quantitative estimate of drug-likeness (QED) is 0.864. The largest absolute Gasteiger partial charge is 0.487 e. The number of ether oxygens (including phenoxy) is 1. The molecule has 0 aromatic heterocycles. The molecule has 0 saturated carbocycles. The summed E-state index contributed by atoms with van der Waals surface area (Å²) in [4.78, 5) is 0. The molecule has 0 unspecified atom stereocenters. The van der Waals surface area contributed by atoms with E-state index in [1.54, 1.807) is 0 Å². The van der Waals surface area contributed by atoms with E-state index in [2.05, 4.69) is 15.9 Å². The van der Waals surface area contributed by atoms with Gasteiger partial charge < -0.3 is 9.84 Å². The molecule has 0 fully saturated rings. The first-order chi connectivity index (χ1) is 5.74. The van der Waals surface area contributed by atoms with E-state index < -0.39 is 0 Å². The fraction of sp³-hybridized carbons (Fsp3) is 0.333. The van der Waals surface area contributed by atoms with Crippen LogP contribution in [0.3, 0.4) is 0 Å². The van der Waals surface area contributed by atoms with Crippen molar-refractivity contribution in [3.63, 3.8) is 0 Å². The number of para-hydroxylation sites is 1. The summed E-state index contributed by atoms with van der Waals surface area (Å²) in [6.07, 6.45) is -0.163. The van der Waals surface area contributed by atoms with Crippen LogP contribution >= 0.6 is 15.9 Å². The molecule has 1 aromatic rings. The minimum absolute atomic E-state index is 0.0291. The fourth-order valence-corrected chi connectivity index (χ4v) is 1.17. The van der Waals surface area contributed by atoms with Crippen molar-refractivity contribution in [1.29, 1.82) is 0 Å². The van der Waals surface area contributed by atoms with Gasteiger partial charge in [-0.3, -0.25) is 0 Å². The number of rotatable bonds is 3. The summed E-state index contributed by atoms with van der Waals surface area (Å²) in [5, 5.41) is 8.75. The van der Waals surface area contributed by atoms with E-state index >= 15 is 0 Å². The van der Waals surface area contributed by atoms with Crippen molar-refractivity contribution in [2.75, 3.05) is 6.61 Å². The lowest BCUT2D eigenvalue weighted by atomic mass is 10.3. The molecule has 2 nitrogen and oxygen atoms in total. The molecular weight excluding hydrogens is 220 g/mol. The first kappa shape index (κ1) is 9.55. The van der Waals surface area contributed by atoms with Gasteiger partial charge in [0.25, 0.3) is 0 Å². The average molecular weight is 231 g/mol. The first-order valence-electron chi connectivity index (χ1n) is 3.76. The van der Waals surface area contributed by atoms with Crippen molar-refractivity contribution in [2.45, 2.75) is 13.0 Å². The minimum atomic E-state index is -0.163. The Balaban J connectivity index is 2.69. The maximum atomic E-state index is 8.75. The van der Waals surface area contributed by atoms with Gasteiger partial charge in [-0.1, -0.05) is 12.1 Å². The number of halogens is 1. The molecule has 1 atom stereocenters. The predicted octanol–water partition coefficient (Wildman–Crippen LogP) is 2.21. The van der Waals surface area contributed by atoms with Gasteiger partial charge in [-0.2, -0.15) is 0 Å². The summed E-state index contributed by atoms with van der Waals surface area (Å²) in [5.74, 6) is 0.763. The lowest BCUT2D eigenvalue weighted by Crippen LogP contribution is -2.16. The lowest BCUT2D eigenvalue weighted by molar-refractivity contribution is 0.129. The SMILES string of the molecule is C[C@H](CO)Oc1ccccc1Br. The highest BCUT2D eigenvalue weighted by Gasteiger charge is 2.03. The van der Waals surface area contributed by atoms with Crippen molar-refractivity contribution in [1.82, 2.24) is 0 Å². The zero-order valence-corrected chi connectivity index (χ0v) is 8.41. The Kier molecular flexibility index (Phi) is 3.56. The highest BCUT2D eigenvalue weighted by molar-refractivity contribution is 9.10. The molecular formula is C9H11BrO2. The molecule has 0 saturated heterocycles. The maximum Gasteiger partial charge on any atom is 0.134 e. The second kappa shape index (κ2) is 4.48. The highest BCUT2D eigenvalue weighted by atomic mass is 79.9. The summed E-state index contributed by atoms with van der Waals surface area (Å²) < 4.78 is 6.31. The average Bonchev–Trinajstić information content (AvgIpc) is 2.09. The third kappa shape index (κ3) is 2.50. The Labute approximate surface area is 80.3 Å². The van der Waals surface area contributed by atoms with E-state index in [4.69, 9.17) is 9.84 Å². The van der Waals surface area contributed by atoms with Crippen LogP contribution in [-0.2, 0) is 0 Å². The van der Waals surface area contributed by atoms with E-state index in [9.17, 15) is 0 Å². The standard InChI is InChI=1S/C9H11BrO2/c1-7(6-11)12-9-5-3-2-4-8(9)10/h2-5,7,11H,6H2,1H3/t7-/m1/s1. The third-order valence-electron chi connectivity index (χ3n) is 1.42. The van der Waals surface area contributed by atoms with Crippen LogP contribution in [0.15, 0.2) is 28.7 Å². The van der Waals surface area contributed by atoms with Crippen LogP contribution in [0, 0.1) is 0 Å². The molecule has 0 heterocycles. The minimum Gasteiger partial charge on any atom is -0.487 e. The van der Waals surface area contributed by atoms with E-state index in [1.165, 1.54) is 0 Å². The van der Waals surface area contributed by atoms with Crippen LogP contribution in [0.25, 0.3) is 0 Å². The number of aliphatic hydroxyl groups excluding tert-OH is 1. The number of hydrogen-bond acceptors (Lipinski definition) is 2. The molecule has 3 heteroatoms. The van der Waals surface area contributed by atoms with Gasteiger partial charge >= 0.3 is 0 Å². The van der Waals surface area contributed by atoms with Crippen molar-refractivity contribution < 1.29 is 9.84 Å². The van der Waals surface area contributed by atoms with E-state index in [1.807, 2.05) is 31.2 Å². The van der Waals surface area contributed by atoms with Crippen molar-refractivity contribution in [3.05, 3.63) is 28.7 Å². The van der Waals surface area contributed by atoms with Crippen molar-refractivity contribution in [3.8, 4) is 5.75 Å². The van der Waals surface area contributed by atoms with Gasteiger partial charge in [0.15, 0.2) is 0 Å². The maximum absolute atomic E-state index is 8.75. The molecule has 0 aliphatic heterocycles. The molecule has 12 heavy (non-hydrogen) atoms. The molecule has 0 amide bonds. The number of aliphatic hydroxyl groups is 1. The Bertz CT molecular complexity index is 250. The van der Waals surface area contributed by atoms with Crippen LogP contribution in [0.1, 0.15) is 6.92 Å². The van der Waals surface area contributed by atoms with Gasteiger partial charge in [0.1, 0.15) is 11.9 Å². The molecule has 0 aliphatic rings. The van der Waals surface area contributed by atoms with Gasteiger partial charge in [-0.25, -0.2) is 0 Å². The second-order valence-corrected chi connectivity index (χ2v) is 3.40. The second-order valence-electron chi connectivity index (χ2n) is 2.54. The fourth-order valence-electron chi connectivity index (χ4n) is 0.794. The Morgan fingerprint density at radius 3 is 2.75 bits per heavy atom. The zero-order chi connectivity index (χ0) is 8.97. The Hall–Kier alpha value is -0.540. The van der Waals surface area contributed by atoms with Gasteiger partial charge in [0.2, 0.25) is 0 Å². The summed E-state index contributed by atoms with van der Waals surface area (Å²) >= 11 is 3.35. The van der Waals surface area contributed by atoms with Crippen molar-refractivity contribution in [2.24, 2.45) is 0 Å². The van der Waals surface area contributed by atoms with Crippen LogP contribution in [0.2, 0.25) is 0 Å². The smallest absolute Gasteiger partial charge is 0.134 e. The Morgan fingerprint density at radius 1 is 1.50 bits per heavy atom. The molecule has 1 aromatic carbocycles. The van der Waals surface area contributed by atoms with Crippen LogP contribution in [-0.4, -0.2) is 17.8 Å². The topological polar surface area (TPSA) is 29.5 Å². The van der Waals surface area contributed by atoms with Crippen molar-refractivity contribution >= 4 is 15.9 Å². The molecule has 0 spiro atoms. The zero-order valence-electron chi connectivity index (χ0n) is 6.83. The summed E-state index contributed by atoms with van der Waals surface area (Å²) in [6, 6.07) is 7.57. The summed E-state index contributed by atoms with van der Waals surface area (Å²) in [7, 11) is 0. The summed E-state index contributed by atoms with van der Waals surface area (Å²) in [5.41, 5.74) is 0. The molecule has 0 radical (unpaired) electrons. The van der Waals surface area contributed by atoms with Gasteiger partial charge in [0, 0.05) is 0 Å². The number of hydrogen-bond donors (Lipinski definition) is 1. The third-order valence-corrected chi connectivity index (χ3v) is 2.08. The normalized spacial score (nSPS) is 12.6. The molecule has 1 N–H and O–H groups in total. The molecule has 0 aliphatic carbocycles. The Morgan fingerprint density at radius 2 is 2.17 bits per heavy atom. The van der Waals surface area contributed by atoms with Gasteiger partial charge in [-0.15, -0.1) is 0 Å². The molecule has 0 bridgehead atoms.